The molecular weight excluding hydrogens is 280 g/mol. The first kappa shape index (κ1) is 16.5. The quantitative estimate of drug-likeness (QED) is 0.706. The molecular formula is C10H15F6NO2. The zero-order valence-electron chi connectivity index (χ0n) is 9.89. The van der Waals surface area contributed by atoms with Gasteiger partial charge >= 0.3 is 12.4 Å². The van der Waals surface area contributed by atoms with Crippen LogP contribution in [0.25, 0.3) is 0 Å². The van der Waals surface area contributed by atoms with Gasteiger partial charge in [0.1, 0.15) is 0 Å². The van der Waals surface area contributed by atoms with Crippen LogP contribution in [0.3, 0.4) is 0 Å². The highest BCUT2D eigenvalue weighted by atomic mass is 19.4. The molecule has 3 nitrogen and oxygen atoms in total. The first-order valence-electron chi connectivity index (χ1n) is 5.76. The summed E-state index contributed by atoms with van der Waals surface area (Å²) in [6, 6.07) is -0.354. The predicted octanol–water partition coefficient (Wildman–Crippen LogP) is 2.00. The van der Waals surface area contributed by atoms with Gasteiger partial charge in [0, 0.05) is 18.7 Å². The maximum atomic E-state index is 12.1. The van der Waals surface area contributed by atoms with Crippen LogP contribution < -0.4 is 5.32 Å². The Morgan fingerprint density at radius 2 is 1.63 bits per heavy atom. The zero-order chi connectivity index (χ0) is 14.7. The number of halogens is 6. The Labute approximate surface area is 105 Å². The lowest BCUT2D eigenvalue weighted by atomic mass is 10.2. The minimum atomic E-state index is -5.49. The molecule has 1 fully saturated rings. The molecule has 0 amide bonds. The van der Waals surface area contributed by atoms with Gasteiger partial charge in [-0.05, 0) is 19.3 Å². The Balaban J connectivity index is 2.38. The van der Waals surface area contributed by atoms with Crippen LogP contribution in [0.2, 0.25) is 0 Å². The molecule has 1 aliphatic rings. The van der Waals surface area contributed by atoms with Crippen LogP contribution in [-0.2, 0) is 4.74 Å². The van der Waals surface area contributed by atoms with E-state index < -0.39 is 31.1 Å². The molecule has 1 unspecified atom stereocenters. The number of hydrogen-bond donors (Lipinski definition) is 2. The lowest BCUT2D eigenvalue weighted by molar-refractivity contribution is -0.322. The van der Waals surface area contributed by atoms with E-state index in [-0.39, 0.29) is 19.1 Å². The molecule has 0 aromatic carbocycles. The largest absolute Gasteiger partial charge is 0.423 e. The minimum Gasteiger partial charge on any atom is -0.395 e. The van der Waals surface area contributed by atoms with Crippen LogP contribution in [0, 0.1) is 0 Å². The van der Waals surface area contributed by atoms with Crippen molar-refractivity contribution in [2.75, 3.05) is 13.2 Å². The van der Waals surface area contributed by atoms with Crippen LogP contribution in [-0.4, -0.2) is 48.9 Å². The summed E-state index contributed by atoms with van der Waals surface area (Å²) >= 11 is 0. The first-order chi connectivity index (χ1) is 8.64. The van der Waals surface area contributed by atoms with Gasteiger partial charge in [-0.15, -0.1) is 0 Å². The molecule has 2 N–H and O–H groups in total. The fraction of sp³-hybridized carbons (Fsp3) is 1.00. The predicted molar refractivity (Wildman–Crippen MR) is 53.5 cm³/mol. The first-order valence-corrected chi connectivity index (χ1v) is 5.76. The molecule has 0 spiro atoms. The summed E-state index contributed by atoms with van der Waals surface area (Å²) in [4.78, 5) is 0. The van der Waals surface area contributed by atoms with Gasteiger partial charge in [-0.25, -0.2) is 0 Å². The van der Waals surface area contributed by atoms with Crippen molar-refractivity contribution >= 4 is 0 Å². The molecule has 0 saturated heterocycles. The average molecular weight is 295 g/mol. The van der Waals surface area contributed by atoms with E-state index in [1.165, 1.54) is 0 Å². The topological polar surface area (TPSA) is 41.5 Å². The minimum absolute atomic E-state index is 0.115. The van der Waals surface area contributed by atoms with Gasteiger partial charge in [-0.1, -0.05) is 0 Å². The zero-order valence-corrected chi connectivity index (χ0v) is 9.89. The number of rotatable bonds is 7. The second-order valence-electron chi connectivity index (χ2n) is 4.44. The highest BCUT2D eigenvalue weighted by Crippen LogP contribution is 2.35. The Bertz CT molecular complexity index is 262. The van der Waals surface area contributed by atoms with E-state index in [0.717, 1.165) is 12.8 Å². The smallest absolute Gasteiger partial charge is 0.395 e. The lowest BCUT2D eigenvalue weighted by Gasteiger charge is -2.24. The van der Waals surface area contributed by atoms with Crippen molar-refractivity contribution in [2.24, 2.45) is 0 Å². The van der Waals surface area contributed by atoms with E-state index in [4.69, 9.17) is 5.11 Å². The molecule has 0 aromatic heterocycles. The molecule has 19 heavy (non-hydrogen) atoms. The van der Waals surface area contributed by atoms with Crippen LogP contribution >= 0.6 is 0 Å². The molecule has 114 valence electrons. The summed E-state index contributed by atoms with van der Waals surface area (Å²) in [7, 11) is 0. The Morgan fingerprint density at radius 3 is 2.00 bits per heavy atom. The Kier molecular flexibility index (Phi) is 5.45. The van der Waals surface area contributed by atoms with Crippen LogP contribution in [0.1, 0.15) is 19.3 Å². The van der Waals surface area contributed by atoms with E-state index in [1.54, 1.807) is 0 Å². The fourth-order valence-electron chi connectivity index (χ4n) is 1.51. The fourth-order valence-corrected chi connectivity index (χ4v) is 1.51. The van der Waals surface area contributed by atoms with Crippen LogP contribution in [0.5, 0.6) is 0 Å². The van der Waals surface area contributed by atoms with Crippen LogP contribution in [0.4, 0.5) is 26.3 Å². The molecule has 1 aliphatic carbocycles. The second-order valence-corrected chi connectivity index (χ2v) is 4.44. The molecule has 0 heterocycles. The van der Waals surface area contributed by atoms with Gasteiger partial charge in [-0.3, -0.25) is 0 Å². The normalized spacial score (nSPS) is 18.9. The highest BCUT2D eigenvalue weighted by Gasteiger charge is 2.57. The summed E-state index contributed by atoms with van der Waals surface area (Å²) in [5.41, 5.74) is 0. The van der Waals surface area contributed by atoms with Crippen LogP contribution in [0.15, 0.2) is 0 Å². The standard InChI is InChI=1S/C10H15F6NO2/c11-9(12,13)8(10(14,15)16)19-4-3-7(5-18)17-6-1-2-6/h6-8,17-18H,1-5H2. The van der Waals surface area contributed by atoms with E-state index in [2.05, 4.69) is 10.1 Å². The molecule has 0 aromatic rings. The van der Waals surface area contributed by atoms with Gasteiger partial charge in [0.05, 0.1) is 6.61 Å². The number of hydrogen-bond acceptors (Lipinski definition) is 3. The Hall–Kier alpha value is -0.540. The van der Waals surface area contributed by atoms with Crippen molar-refractivity contribution in [3.05, 3.63) is 0 Å². The lowest BCUT2D eigenvalue weighted by Crippen LogP contribution is -2.45. The number of aliphatic hydroxyl groups is 1. The van der Waals surface area contributed by atoms with Gasteiger partial charge in [0.15, 0.2) is 0 Å². The molecule has 0 radical (unpaired) electrons. The van der Waals surface area contributed by atoms with E-state index in [9.17, 15) is 26.3 Å². The molecule has 1 rings (SSSR count). The molecule has 1 saturated carbocycles. The van der Waals surface area contributed by atoms with Crippen molar-refractivity contribution in [2.45, 2.75) is 49.8 Å². The van der Waals surface area contributed by atoms with Gasteiger partial charge < -0.3 is 15.2 Å². The van der Waals surface area contributed by atoms with Gasteiger partial charge in [0.25, 0.3) is 0 Å². The van der Waals surface area contributed by atoms with Gasteiger partial charge in [0.2, 0.25) is 6.10 Å². The van der Waals surface area contributed by atoms with Crippen molar-refractivity contribution < 1.29 is 36.2 Å². The van der Waals surface area contributed by atoms with Crippen molar-refractivity contribution in [1.82, 2.24) is 5.32 Å². The summed E-state index contributed by atoms with van der Waals surface area (Å²) in [5, 5.41) is 11.8. The third-order valence-electron chi connectivity index (χ3n) is 2.61. The van der Waals surface area contributed by atoms with E-state index in [0.29, 0.717) is 0 Å². The third kappa shape index (κ3) is 5.96. The Morgan fingerprint density at radius 1 is 1.11 bits per heavy atom. The summed E-state index contributed by atoms with van der Waals surface area (Å²) < 4.78 is 76.7. The van der Waals surface area contributed by atoms with Crippen molar-refractivity contribution in [1.29, 1.82) is 0 Å². The average Bonchev–Trinajstić information content (AvgIpc) is 3.02. The number of alkyl halides is 6. The molecule has 1 atom stereocenters. The summed E-state index contributed by atoms with van der Waals surface area (Å²) in [5.74, 6) is 0. The molecule has 9 heteroatoms. The van der Waals surface area contributed by atoms with E-state index >= 15 is 0 Å². The van der Waals surface area contributed by atoms with Crippen molar-refractivity contribution in [3.8, 4) is 0 Å². The maximum absolute atomic E-state index is 12.1. The number of ether oxygens (including phenoxy) is 1. The molecule has 0 bridgehead atoms. The summed E-state index contributed by atoms with van der Waals surface area (Å²) in [6.07, 6.45) is -13.1. The van der Waals surface area contributed by atoms with Crippen molar-refractivity contribution in [3.63, 3.8) is 0 Å². The monoisotopic (exact) mass is 295 g/mol. The SMILES string of the molecule is OCC(CCOC(C(F)(F)F)C(F)(F)F)NC1CC1. The number of nitrogens with one attached hydrogen (secondary N) is 1. The molecule has 0 aliphatic heterocycles. The van der Waals surface area contributed by atoms with Gasteiger partial charge in [-0.2, -0.15) is 26.3 Å². The number of aliphatic hydroxyl groups excluding tert-OH is 1. The second kappa shape index (κ2) is 6.27. The maximum Gasteiger partial charge on any atom is 0.423 e. The summed E-state index contributed by atoms with van der Waals surface area (Å²) in [6.45, 7) is -1.09. The van der Waals surface area contributed by atoms with E-state index in [1.807, 2.05) is 0 Å². The highest BCUT2D eigenvalue weighted by molar-refractivity contribution is 4.85. The third-order valence-corrected chi connectivity index (χ3v) is 2.61.